The fraction of sp³-hybridized carbons (Fsp3) is 0.333. The summed E-state index contributed by atoms with van der Waals surface area (Å²) in [6, 6.07) is 9.70. The molecular weight excluding hydrogens is 244 g/mol. The number of rotatable bonds is 6. The molecule has 2 aromatic rings. The van der Waals surface area contributed by atoms with E-state index in [1.165, 1.54) is 0 Å². The number of nitriles is 1. The Kier molecular flexibility index (Phi) is 4.42. The van der Waals surface area contributed by atoms with Crippen molar-refractivity contribution >= 4 is 0 Å². The van der Waals surface area contributed by atoms with Crippen molar-refractivity contribution in [2.45, 2.75) is 19.5 Å². The number of H-pyrrole nitrogens is 1. The Bertz CT molecular complexity index is 530. The summed E-state index contributed by atoms with van der Waals surface area (Å²) in [5, 5.41) is 25.4. The molecule has 0 aliphatic heterocycles. The zero-order valence-corrected chi connectivity index (χ0v) is 10.5. The smallest absolute Gasteiger partial charge is 0.188 e. The molecule has 1 aromatic heterocycles. The first-order valence-corrected chi connectivity index (χ1v) is 5.85. The van der Waals surface area contributed by atoms with Crippen LogP contribution in [0.5, 0.6) is 5.75 Å². The Morgan fingerprint density at radius 3 is 2.84 bits per heavy atom. The van der Waals surface area contributed by atoms with Gasteiger partial charge in [0, 0.05) is 6.04 Å². The quantitative estimate of drug-likeness (QED) is 0.800. The lowest BCUT2D eigenvalue weighted by atomic mass is 10.1. The van der Waals surface area contributed by atoms with Crippen LogP contribution in [0.2, 0.25) is 0 Å². The van der Waals surface area contributed by atoms with Crippen molar-refractivity contribution in [3.8, 4) is 11.8 Å². The highest BCUT2D eigenvalue weighted by atomic mass is 16.5. The maximum Gasteiger partial charge on any atom is 0.188 e. The first kappa shape index (κ1) is 13.0. The molecule has 0 fully saturated rings. The molecule has 2 rings (SSSR count). The highest BCUT2D eigenvalue weighted by Gasteiger charge is 2.06. The third kappa shape index (κ3) is 3.76. The van der Waals surface area contributed by atoms with Crippen molar-refractivity contribution in [2.75, 3.05) is 6.61 Å². The minimum atomic E-state index is 0.0605. The fourth-order valence-electron chi connectivity index (χ4n) is 1.59. The van der Waals surface area contributed by atoms with E-state index in [0.29, 0.717) is 18.1 Å². The largest absolute Gasteiger partial charge is 0.479 e. The molecule has 0 amide bonds. The van der Waals surface area contributed by atoms with E-state index >= 15 is 0 Å². The third-order valence-electron chi connectivity index (χ3n) is 2.64. The Balaban J connectivity index is 1.88. The number of hydrogen-bond donors (Lipinski definition) is 2. The van der Waals surface area contributed by atoms with Crippen molar-refractivity contribution in [2.24, 2.45) is 0 Å². The molecular formula is C12H14N6O. The molecule has 19 heavy (non-hydrogen) atoms. The van der Waals surface area contributed by atoms with Crippen LogP contribution >= 0.6 is 0 Å². The normalized spacial score (nSPS) is 11.8. The number of benzene rings is 1. The average Bonchev–Trinajstić information content (AvgIpc) is 2.96. The highest BCUT2D eigenvalue weighted by Crippen LogP contribution is 2.17. The summed E-state index contributed by atoms with van der Waals surface area (Å²) >= 11 is 0. The van der Waals surface area contributed by atoms with Gasteiger partial charge in [0.2, 0.25) is 0 Å². The number of aromatic amines is 1. The number of nitrogens with zero attached hydrogens (tertiary/aromatic N) is 4. The molecule has 1 unspecified atom stereocenters. The molecule has 98 valence electrons. The molecule has 0 radical (unpaired) electrons. The van der Waals surface area contributed by atoms with Crippen LogP contribution in [-0.2, 0) is 6.54 Å². The van der Waals surface area contributed by atoms with Gasteiger partial charge >= 0.3 is 0 Å². The minimum absolute atomic E-state index is 0.0605. The summed E-state index contributed by atoms with van der Waals surface area (Å²) in [6.07, 6.45) is 0. The number of tetrazole rings is 1. The van der Waals surface area contributed by atoms with Gasteiger partial charge in [0.25, 0.3) is 0 Å². The third-order valence-corrected chi connectivity index (χ3v) is 2.64. The van der Waals surface area contributed by atoms with Gasteiger partial charge in [-0.05, 0) is 24.6 Å². The molecule has 7 heteroatoms. The van der Waals surface area contributed by atoms with Gasteiger partial charge < -0.3 is 10.1 Å². The Labute approximate surface area is 110 Å². The number of ether oxygens (including phenoxy) is 1. The summed E-state index contributed by atoms with van der Waals surface area (Å²) < 4.78 is 5.19. The second-order valence-corrected chi connectivity index (χ2v) is 3.95. The van der Waals surface area contributed by atoms with Crippen molar-refractivity contribution in [3.05, 3.63) is 35.7 Å². The summed E-state index contributed by atoms with van der Waals surface area (Å²) in [5.74, 6) is 1.32. The SMILES string of the molecule is CC(NCc1nn[nH]n1)c1ccc(OCC#N)cc1. The van der Waals surface area contributed by atoms with Crippen molar-refractivity contribution in [1.82, 2.24) is 25.9 Å². The molecule has 0 bridgehead atoms. The van der Waals surface area contributed by atoms with Crippen LogP contribution in [0.3, 0.4) is 0 Å². The average molecular weight is 258 g/mol. The van der Waals surface area contributed by atoms with E-state index in [0.717, 1.165) is 5.56 Å². The molecule has 1 aromatic carbocycles. The summed E-state index contributed by atoms with van der Waals surface area (Å²) in [4.78, 5) is 0. The number of aromatic nitrogens is 4. The predicted octanol–water partition coefficient (Wildman–Crippen LogP) is 0.953. The van der Waals surface area contributed by atoms with E-state index < -0.39 is 0 Å². The van der Waals surface area contributed by atoms with Crippen LogP contribution in [0, 0.1) is 11.3 Å². The van der Waals surface area contributed by atoms with Gasteiger partial charge in [0.1, 0.15) is 11.8 Å². The lowest BCUT2D eigenvalue weighted by Crippen LogP contribution is -2.18. The Hall–Kier alpha value is -2.46. The minimum Gasteiger partial charge on any atom is -0.479 e. The van der Waals surface area contributed by atoms with Crippen molar-refractivity contribution < 1.29 is 4.74 Å². The van der Waals surface area contributed by atoms with Crippen LogP contribution in [-0.4, -0.2) is 27.2 Å². The molecule has 7 nitrogen and oxygen atoms in total. The van der Waals surface area contributed by atoms with E-state index in [4.69, 9.17) is 10.00 Å². The molecule has 0 saturated heterocycles. The molecule has 1 heterocycles. The van der Waals surface area contributed by atoms with Crippen LogP contribution in [0.25, 0.3) is 0 Å². The number of hydrogen-bond acceptors (Lipinski definition) is 6. The summed E-state index contributed by atoms with van der Waals surface area (Å²) in [5.41, 5.74) is 1.12. The van der Waals surface area contributed by atoms with E-state index in [1.807, 2.05) is 37.3 Å². The monoisotopic (exact) mass is 258 g/mol. The van der Waals surface area contributed by atoms with Gasteiger partial charge in [-0.1, -0.05) is 17.3 Å². The van der Waals surface area contributed by atoms with Gasteiger partial charge in [-0.25, -0.2) is 0 Å². The van der Waals surface area contributed by atoms with Gasteiger partial charge in [-0.2, -0.15) is 10.5 Å². The zero-order chi connectivity index (χ0) is 13.5. The van der Waals surface area contributed by atoms with Gasteiger partial charge in [0.15, 0.2) is 12.4 Å². The number of nitrogens with one attached hydrogen (secondary N) is 2. The zero-order valence-electron chi connectivity index (χ0n) is 10.5. The van der Waals surface area contributed by atoms with Gasteiger partial charge in [-0.3, -0.25) is 0 Å². The van der Waals surface area contributed by atoms with Gasteiger partial charge in [-0.15, -0.1) is 10.2 Å². The Morgan fingerprint density at radius 1 is 1.42 bits per heavy atom. The summed E-state index contributed by atoms with van der Waals surface area (Å²) in [6.45, 7) is 2.65. The van der Waals surface area contributed by atoms with Gasteiger partial charge in [0.05, 0.1) is 6.54 Å². The Morgan fingerprint density at radius 2 is 2.21 bits per heavy atom. The second-order valence-electron chi connectivity index (χ2n) is 3.95. The standard InChI is InChI=1S/C12H14N6O/c1-9(14-8-12-15-17-18-16-12)10-2-4-11(5-3-10)19-7-6-13/h2-5,9,14H,7-8H2,1H3,(H,15,16,17,18). The topological polar surface area (TPSA) is 99.5 Å². The first-order chi connectivity index (χ1) is 9.29. The van der Waals surface area contributed by atoms with E-state index in [9.17, 15) is 0 Å². The van der Waals surface area contributed by atoms with Crippen molar-refractivity contribution in [3.63, 3.8) is 0 Å². The summed E-state index contributed by atoms with van der Waals surface area (Å²) in [7, 11) is 0. The maximum atomic E-state index is 8.43. The van der Waals surface area contributed by atoms with Crippen LogP contribution in [0.1, 0.15) is 24.4 Å². The molecule has 0 saturated carbocycles. The predicted molar refractivity (Wildman–Crippen MR) is 67.0 cm³/mol. The first-order valence-electron chi connectivity index (χ1n) is 5.85. The van der Waals surface area contributed by atoms with Crippen LogP contribution in [0.15, 0.2) is 24.3 Å². The maximum absolute atomic E-state index is 8.43. The molecule has 0 aliphatic rings. The fourth-order valence-corrected chi connectivity index (χ4v) is 1.59. The second kappa shape index (κ2) is 6.47. The van der Waals surface area contributed by atoms with Crippen LogP contribution in [0.4, 0.5) is 0 Å². The molecule has 0 spiro atoms. The van der Waals surface area contributed by atoms with E-state index in [-0.39, 0.29) is 12.6 Å². The van der Waals surface area contributed by atoms with Crippen molar-refractivity contribution in [1.29, 1.82) is 5.26 Å². The molecule has 1 atom stereocenters. The highest BCUT2D eigenvalue weighted by molar-refractivity contribution is 5.29. The van der Waals surface area contributed by atoms with E-state index in [2.05, 4.69) is 25.9 Å². The molecule has 2 N–H and O–H groups in total. The molecule has 0 aliphatic carbocycles. The van der Waals surface area contributed by atoms with Crippen LogP contribution < -0.4 is 10.1 Å². The van der Waals surface area contributed by atoms with E-state index in [1.54, 1.807) is 0 Å². The lowest BCUT2D eigenvalue weighted by Gasteiger charge is -2.13. The lowest BCUT2D eigenvalue weighted by molar-refractivity contribution is 0.368.